The summed E-state index contributed by atoms with van der Waals surface area (Å²) in [5.41, 5.74) is 0. The van der Waals surface area contributed by atoms with Gasteiger partial charge in [-0.05, 0) is 31.6 Å². The van der Waals surface area contributed by atoms with Gasteiger partial charge in [-0.3, -0.25) is 37.3 Å². The molecule has 0 saturated heterocycles. The van der Waals surface area contributed by atoms with Crippen molar-refractivity contribution < 1.29 is 80.2 Å². The third-order valence-electron chi connectivity index (χ3n) is 17.0. The molecule has 0 heterocycles. The Morgan fingerprint density at radius 2 is 0.500 bits per heavy atom. The maximum atomic E-state index is 13.1. The predicted octanol–water partition coefficient (Wildman–Crippen LogP) is 21.3. The Balaban J connectivity index is 5.14. The van der Waals surface area contributed by atoms with Crippen LogP contribution in [0.15, 0.2) is 0 Å². The standard InChI is InChI=1S/C73H142O17P2/c1-6-9-12-15-18-20-22-24-26-27-28-29-30-31-33-35-37-39-42-48-53-58-72(77)89-68(63-84-71(76)57-52-47-41-38-36-34-32-25-23-21-19-16-13-10-7-2)64-87-91(79,80)85-60-67(74)61-86-92(81,82)88-65-69(62-83-70(75)56-51-46-40-17-14-11-8-3)90-73(78)59-54-49-44-43-45-50-55-66(4)5/h66-69,74H,6-65H2,1-5H3,(H,79,80)(H,81,82)/t67-,68-,69-/m1/s1. The van der Waals surface area contributed by atoms with Crippen LogP contribution in [0.5, 0.6) is 0 Å². The van der Waals surface area contributed by atoms with Crippen LogP contribution in [0.25, 0.3) is 0 Å². The molecule has 19 heteroatoms. The number of phosphoric ester groups is 2. The summed E-state index contributed by atoms with van der Waals surface area (Å²) < 4.78 is 68.2. The molecule has 0 fully saturated rings. The van der Waals surface area contributed by atoms with E-state index in [4.69, 9.17) is 37.0 Å². The highest BCUT2D eigenvalue weighted by atomic mass is 31.2. The monoisotopic (exact) mass is 1350 g/mol. The summed E-state index contributed by atoms with van der Waals surface area (Å²) in [7, 11) is -9.90. The summed E-state index contributed by atoms with van der Waals surface area (Å²) in [5, 5.41) is 10.6. The summed E-state index contributed by atoms with van der Waals surface area (Å²) in [6, 6.07) is 0. The third kappa shape index (κ3) is 66.7. The van der Waals surface area contributed by atoms with Crippen LogP contribution in [0.2, 0.25) is 0 Å². The maximum Gasteiger partial charge on any atom is 0.472 e. The molecular formula is C73H142O17P2. The number of carbonyl (C=O) groups excluding carboxylic acids is 4. The molecule has 0 aromatic heterocycles. The van der Waals surface area contributed by atoms with Crippen LogP contribution in [-0.2, 0) is 65.4 Å². The van der Waals surface area contributed by atoms with Crippen LogP contribution in [0, 0.1) is 5.92 Å². The zero-order chi connectivity index (χ0) is 67.7. The minimum absolute atomic E-state index is 0.102. The average molecular weight is 1350 g/mol. The van der Waals surface area contributed by atoms with E-state index >= 15 is 0 Å². The lowest BCUT2D eigenvalue weighted by Gasteiger charge is -2.21. The highest BCUT2D eigenvalue weighted by Crippen LogP contribution is 2.45. The fraction of sp³-hybridized carbons (Fsp3) is 0.945. The molecule has 0 rings (SSSR count). The molecule has 17 nitrogen and oxygen atoms in total. The minimum atomic E-state index is -4.95. The van der Waals surface area contributed by atoms with Gasteiger partial charge in [-0.1, -0.05) is 330 Å². The van der Waals surface area contributed by atoms with E-state index in [1.165, 1.54) is 193 Å². The van der Waals surface area contributed by atoms with Crippen LogP contribution in [0.4, 0.5) is 0 Å². The van der Waals surface area contributed by atoms with E-state index in [9.17, 15) is 43.2 Å². The Bertz CT molecular complexity index is 1770. The van der Waals surface area contributed by atoms with Gasteiger partial charge in [-0.15, -0.1) is 0 Å². The molecule has 0 aromatic rings. The van der Waals surface area contributed by atoms with Gasteiger partial charge in [-0.2, -0.15) is 0 Å². The number of esters is 4. The molecule has 0 aliphatic rings. The van der Waals surface area contributed by atoms with Crippen molar-refractivity contribution >= 4 is 39.5 Å². The Morgan fingerprint density at radius 1 is 0.293 bits per heavy atom. The smallest absolute Gasteiger partial charge is 0.462 e. The van der Waals surface area contributed by atoms with E-state index in [1.807, 2.05) is 0 Å². The summed E-state index contributed by atoms with van der Waals surface area (Å²) in [5.74, 6) is -1.46. The molecule has 0 spiro atoms. The van der Waals surface area contributed by atoms with Crippen LogP contribution in [0.3, 0.4) is 0 Å². The molecule has 2 unspecified atom stereocenters. The largest absolute Gasteiger partial charge is 0.472 e. The van der Waals surface area contributed by atoms with Gasteiger partial charge in [0.05, 0.1) is 26.4 Å². The van der Waals surface area contributed by atoms with Gasteiger partial charge in [0.25, 0.3) is 0 Å². The summed E-state index contributed by atoms with van der Waals surface area (Å²) in [4.78, 5) is 72.4. The molecule has 0 amide bonds. The number of rotatable bonds is 73. The molecule has 0 saturated carbocycles. The SMILES string of the molecule is CCCCCCCCCCCCCCCCCCCCCCCC(=O)O[C@H](COC(=O)CCCCCCCCCCCCCCCCC)COP(=O)(O)OC[C@@H](O)COP(=O)(O)OC[C@@H](COC(=O)CCCCCCCCC)OC(=O)CCCCCCCCC(C)C. The fourth-order valence-corrected chi connectivity index (χ4v) is 12.8. The third-order valence-corrected chi connectivity index (χ3v) is 18.9. The lowest BCUT2D eigenvalue weighted by Crippen LogP contribution is -2.30. The molecule has 0 aliphatic heterocycles. The highest BCUT2D eigenvalue weighted by molar-refractivity contribution is 7.47. The van der Waals surface area contributed by atoms with Gasteiger partial charge >= 0.3 is 39.5 Å². The second kappa shape index (κ2) is 66.3. The van der Waals surface area contributed by atoms with E-state index in [0.29, 0.717) is 31.6 Å². The molecule has 5 atom stereocenters. The minimum Gasteiger partial charge on any atom is -0.462 e. The van der Waals surface area contributed by atoms with Crippen molar-refractivity contribution in [3.8, 4) is 0 Å². The zero-order valence-electron chi connectivity index (χ0n) is 59.7. The van der Waals surface area contributed by atoms with Gasteiger partial charge < -0.3 is 33.8 Å². The summed E-state index contributed by atoms with van der Waals surface area (Å²) in [6.07, 6.45) is 54.6. The summed E-state index contributed by atoms with van der Waals surface area (Å²) in [6.45, 7) is 7.13. The van der Waals surface area contributed by atoms with Crippen molar-refractivity contribution in [3.63, 3.8) is 0 Å². The van der Waals surface area contributed by atoms with Gasteiger partial charge in [0.15, 0.2) is 12.2 Å². The topological polar surface area (TPSA) is 237 Å². The molecule has 3 N–H and O–H groups in total. The first-order valence-electron chi connectivity index (χ1n) is 38.1. The van der Waals surface area contributed by atoms with Crippen molar-refractivity contribution in [1.29, 1.82) is 0 Å². The maximum absolute atomic E-state index is 13.1. The Labute approximate surface area is 562 Å². The number of hydrogen-bond donors (Lipinski definition) is 3. The van der Waals surface area contributed by atoms with Crippen LogP contribution >= 0.6 is 15.6 Å². The molecule has 546 valence electrons. The Morgan fingerprint density at radius 3 is 0.739 bits per heavy atom. The second-order valence-electron chi connectivity index (χ2n) is 26.8. The van der Waals surface area contributed by atoms with Crippen LogP contribution in [0.1, 0.15) is 381 Å². The normalized spacial score (nSPS) is 14.0. The van der Waals surface area contributed by atoms with Crippen molar-refractivity contribution in [3.05, 3.63) is 0 Å². The predicted molar refractivity (Wildman–Crippen MR) is 372 cm³/mol. The van der Waals surface area contributed by atoms with Gasteiger partial charge in [0.1, 0.15) is 19.3 Å². The van der Waals surface area contributed by atoms with E-state index in [-0.39, 0.29) is 25.7 Å². The molecule has 92 heavy (non-hydrogen) atoms. The van der Waals surface area contributed by atoms with Gasteiger partial charge in [-0.25, -0.2) is 9.13 Å². The zero-order valence-corrected chi connectivity index (χ0v) is 61.5. The first-order valence-corrected chi connectivity index (χ1v) is 41.1. The highest BCUT2D eigenvalue weighted by Gasteiger charge is 2.30. The lowest BCUT2D eigenvalue weighted by molar-refractivity contribution is -0.161. The molecule has 0 bridgehead atoms. The number of aliphatic hydroxyl groups is 1. The van der Waals surface area contributed by atoms with Crippen molar-refractivity contribution in [1.82, 2.24) is 0 Å². The van der Waals surface area contributed by atoms with Crippen LogP contribution < -0.4 is 0 Å². The van der Waals surface area contributed by atoms with E-state index in [0.717, 1.165) is 103 Å². The molecule has 0 aromatic carbocycles. The second-order valence-corrected chi connectivity index (χ2v) is 29.7. The van der Waals surface area contributed by atoms with E-state index < -0.39 is 97.5 Å². The van der Waals surface area contributed by atoms with Crippen LogP contribution in [-0.4, -0.2) is 96.7 Å². The first kappa shape index (κ1) is 90.1. The van der Waals surface area contributed by atoms with Crippen molar-refractivity contribution in [2.45, 2.75) is 400 Å². The first-order chi connectivity index (χ1) is 44.5. The van der Waals surface area contributed by atoms with Gasteiger partial charge in [0.2, 0.25) is 0 Å². The number of carbonyl (C=O) groups is 4. The number of hydrogen-bond acceptors (Lipinski definition) is 15. The van der Waals surface area contributed by atoms with Gasteiger partial charge in [0, 0.05) is 25.7 Å². The quantitative estimate of drug-likeness (QED) is 0.0222. The fourth-order valence-electron chi connectivity index (χ4n) is 11.2. The number of ether oxygens (including phenoxy) is 4. The summed E-state index contributed by atoms with van der Waals surface area (Å²) >= 11 is 0. The average Bonchev–Trinajstić information content (AvgIpc) is 3.09. The van der Waals surface area contributed by atoms with E-state index in [1.54, 1.807) is 0 Å². The lowest BCUT2D eigenvalue weighted by atomic mass is 10.0. The van der Waals surface area contributed by atoms with E-state index in [2.05, 4.69) is 34.6 Å². The Hall–Kier alpha value is -1.94. The number of unbranched alkanes of at least 4 members (excludes halogenated alkanes) is 45. The van der Waals surface area contributed by atoms with Crippen molar-refractivity contribution in [2.24, 2.45) is 5.92 Å². The Kier molecular flexibility index (Phi) is 64.9. The molecule has 0 aliphatic carbocycles. The van der Waals surface area contributed by atoms with Crippen molar-refractivity contribution in [2.75, 3.05) is 39.6 Å². The number of aliphatic hydroxyl groups excluding tert-OH is 1. The molecular weight excluding hydrogens is 1210 g/mol. The molecule has 0 radical (unpaired) electrons. The number of phosphoric acid groups is 2.